The van der Waals surface area contributed by atoms with Gasteiger partial charge in [0.15, 0.2) is 0 Å². The molecule has 0 amide bonds. The van der Waals surface area contributed by atoms with Crippen molar-refractivity contribution in [1.82, 2.24) is 0 Å². The van der Waals surface area contributed by atoms with E-state index in [9.17, 15) is 0 Å². The van der Waals surface area contributed by atoms with Crippen LogP contribution in [0.15, 0.2) is 45.8 Å². The fourth-order valence-electron chi connectivity index (χ4n) is 2.19. The Kier molecular flexibility index (Phi) is 7.86. The van der Waals surface area contributed by atoms with Gasteiger partial charge in [-0.2, -0.15) is 0 Å². The summed E-state index contributed by atoms with van der Waals surface area (Å²) in [6.07, 6.45) is 20.3. The average Bonchev–Trinajstić information content (AvgIpc) is 2.88. The largest absolute Gasteiger partial charge is 1.00 e. The second kappa shape index (κ2) is 7.99. The van der Waals surface area contributed by atoms with Crippen molar-refractivity contribution in [3.05, 3.63) is 45.8 Å². The van der Waals surface area contributed by atoms with Crippen molar-refractivity contribution in [3.8, 4) is 0 Å². The van der Waals surface area contributed by atoms with Crippen LogP contribution < -0.4 is 9.41 Å². The Balaban J connectivity index is 0.00000144. The van der Waals surface area contributed by atoms with Gasteiger partial charge in [0, 0.05) is 0 Å². The zero-order valence-corrected chi connectivity index (χ0v) is 13.5. The van der Waals surface area contributed by atoms with Gasteiger partial charge in [0.2, 0.25) is 0 Å². The minimum Gasteiger partial charge on any atom is -1.00 e. The third-order valence-electron chi connectivity index (χ3n) is 3.20. The van der Waals surface area contributed by atoms with E-state index in [2.05, 4.69) is 56.4 Å². The molecule has 98 valence electrons. The molecule has 0 saturated carbocycles. The molecule has 0 atom stereocenters. The molecule has 0 aromatic heterocycles. The van der Waals surface area contributed by atoms with Crippen LogP contribution >= 0.6 is 0 Å². The smallest absolute Gasteiger partial charge is 1.00 e. The van der Waals surface area contributed by atoms with Crippen LogP contribution in [0.5, 0.6) is 0 Å². The minimum absolute atomic E-state index is 0. The van der Waals surface area contributed by atoms with Crippen LogP contribution in [-0.2, 0) is 23.2 Å². The third-order valence-corrected chi connectivity index (χ3v) is 7.48. The van der Waals surface area contributed by atoms with Crippen LogP contribution in [0.4, 0.5) is 0 Å². The molecular formula is C15H20F2Zr. The first-order valence-corrected chi connectivity index (χ1v) is 8.67. The van der Waals surface area contributed by atoms with E-state index in [4.69, 9.17) is 0 Å². The maximum absolute atomic E-state index is 2.47. The van der Waals surface area contributed by atoms with Gasteiger partial charge in [0.25, 0.3) is 0 Å². The van der Waals surface area contributed by atoms with Crippen molar-refractivity contribution >= 4 is 0 Å². The number of hydrogen-bond acceptors (Lipinski definition) is 0. The molecule has 0 aromatic rings. The Labute approximate surface area is 120 Å². The number of halogens is 2. The van der Waals surface area contributed by atoms with E-state index in [1.165, 1.54) is 19.3 Å². The van der Waals surface area contributed by atoms with Gasteiger partial charge in [-0.15, -0.1) is 0 Å². The molecule has 2 aliphatic carbocycles. The van der Waals surface area contributed by atoms with E-state index >= 15 is 0 Å². The van der Waals surface area contributed by atoms with E-state index in [0.29, 0.717) is 3.12 Å². The summed E-state index contributed by atoms with van der Waals surface area (Å²) < 4.78 is 2.24. The van der Waals surface area contributed by atoms with Crippen LogP contribution in [0.2, 0.25) is 3.12 Å². The molecule has 0 heterocycles. The van der Waals surface area contributed by atoms with Gasteiger partial charge < -0.3 is 9.41 Å². The molecule has 0 aliphatic heterocycles. The monoisotopic (exact) mass is 328 g/mol. The SMILES string of the molecule is CC(C)CC[C]1([Zr+2][C]2=CC=CC2)C=CC=C1.[F-].[F-]. The minimum atomic E-state index is -0.467. The summed E-state index contributed by atoms with van der Waals surface area (Å²) in [7, 11) is 0. The molecule has 2 rings (SSSR count). The summed E-state index contributed by atoms with van der Waals surface area (Å²) >= 11 is -0.467. The second-order valence-corrected chi connectivity index (χ2v) is 9.62. The summed E-state index contributed by atoms with van der Waals surface area (Å²) in [5.74, 6) is 0.828. The normalized spacial score (nSPS) is 18.3. The zero-order chi connectivity index (χ0) is 11.4. The van der Waals surface area contributed by atoms with Gasteiger partial charge >= 0.3 is 111 Å². The van der Waals surface area contributed by atoms with Crippen molar-refractivity contribution in [2.45, 2.75) is 36.2 Å². The van der Waals surface area contributed by atoms with Crippen LogP contribution in [0, 0.1) is 5.92 Å². The van der Waals surface area contributed by atoms with E-state index in [-0.39, 0.29) is 9.41 Å². The molecule has 0 spiro atoms. The van der Waals surface area contributed by atoms with Crippen molar-refractivity contribution in [1.29, 1.82) is 0 Å². The topological polar surface area (TPSA) is 0 Å². The average molecular weight is 330 g/mol. The van der Waals surface area contributed by atoms with E-state index in [0.717, 1.165) is 5.92 Å². The molecule has 0 saturated heterocycles. The molecule has 2 aliphatic rings. The maximum atomic E-state index is 2.47. The third kappa shape index (κ3) is 4.76. The quantitative estimate of drug-likeness (QED) is 0.585. The van der Waals surface area contributed by atoms with Crippen molar-refractivity contribution in [3.63, 3.8) is 0 Å². The number of rotatable bonds is 5. The fourth-order valence-corrected chi connectivity index (χ4v) is 6.19. The van der Waals surface area contributed by atoms with E-state index in [1.54, 1.807) is 3.28 Å². The molecule has 0 N–H and O–H groups in total. The Morgan fingerprint density at radius 3 is 2.33 bits per heavy atom. The Hall–Kier alpha value is -0.297. The zero-order valence-electron chi connectivity index (χ0n) is 11.0. The van der Waals surface area contributed by atoms with Crippen molar-refractivity contribution in [2.75, 3.05) is 0 Å². The molecule has 0 fully saturated rings. The van der Waals surface area contributed by atoms with Gasteiger partial charge in [0.05, 0.1) is 0 Å². The van der Waals surface area contributed by atoms with Gasteiger partial charge in [-0.1, -0.05) is 0 Å². The van der Waals surface area contributed by atoms with Gasteiger partial charge in [-0.3, -0.25) is 0 Å². The number of hydrogen-bond donors (Lipinski definition) is 0. The van der Waals surface area contributed by atoms with Crippen LogP contribution in [0.3, 0.4) is 0 Å². The fraction of sp³-hybridized carbons (Fsp3) is 0.467. The Morgan fingerprint density at radius 2 is 1.83 bits per heavy atom. The molecule has 0 unspecified atom stereocenters. The van der Waals surface area contributed by atoms with E-state index < -0.39 is 23.2 Å². The number of allylic oxidation sites excluding steroid dienone is 8. The van der Waals surface area contributed by atoms with Gasteiger partial charge in [-0.05, 0) is 0 Å². The summed E-state index contributed by atoms with van der Waals surface area (Å²) in [6.45, 7) is 4.66. The molecule has 3 heteroatoms. The van der Waals surface area contributed by atoms with Crippen LogP contribution in [0.25, 0.3) is 0 Å². The predicted octanol–water partition coefficient (Wildman–Crippen LogP) is -1.36. The van der Waals surface area contributed by atoms with Gasteiger partial charge in [0.1, 0.15) is 0 Å². The summed E-state index contributed by atoms with van der Waals surface area (Å²) in [4.78, 5) is 0. The molecule has 0 nitrogen and oxygen atoms in total. The van der Waals surface area contributed by atoms with E-state index in [1.807, 2.05) is 0 Å². The summed E-state index contributed by atoms with van der Waals surface area (Å²) in [6, 6.07) is 0. The molecule has 0 aromatic carbocycles. The van der Waals surface area contributed by atoms with Crippen molar-refractivity contribution in [2.24, 2.45) is 5.92 Å². The molecule has 0 bridgehead atoms. The molecular weight excluding hydrogens is 309 g/mol. The first-order valence-electron chi connectivity index (χ1n) is 6.21. The van der Waals surface area contributed by atoms with Crippen LogP contribution in [-0.4, -0.2) is 0 Å². The standard InChI is InChI=1S/C10H15.C5H5.2FH.Zr/c1-9(2)7-8-10-5-3-4-6-10;1-2-4-5-3-1;;;/h3-6,9H,7-8H2,1-2H3;1-3H,4H2;2*1H;/q;;;;+2/p-2. The second-order valence-electron chi connectivity index (χ2n) is 5.14. The summed E-state index contributed by atoms with van der Waals surface area (Å²) in [5.41, 5.74) is 0. The molecule has 18 heavy (non-hydrogen) atoms. The Morgan fingerprint density at radius 1 is 1.17 bits per heavy atom. The first-order chi connectivity index (χ1) is 7.70. The van der Waals surface area contributed by atoms with Gasteiger partial charge in [-0.25, -0.2) is 0 Å². The summed E-state index contributed by atoms with van der Waals surface area (Å²) in [5, 5.41) is 0. The maximum Gasteiger partial charge on any atom is -1.00 e. The van der Waals surface area contributed by atoms with Crippen LogP contribution in [0.1, 0.15) is 33.1 Å². The first kappa shape index (κ1) is 17.7. The predicted molar refractivity (Wildman–Crippen MR) is 66.9 cm³/mol. The van der Waals surface area contributed by atoms with Crippen molar-refractivity contribution < 1.29 is 32.6 Å². The Bertz CT molecular complexity index is 353. The molecule has 0 radical (unpaired) electrons.